The molecule has 2 aromatic heterocycles. The Labute approximate surface area is 305 Å². The molecule has 0 fully saturated rings. The van der Waals surface area contributed by atoms with E-state index in [0.29, 0.717) is 37.3 Å². The van der Waals surface area contributed by atoms with Gasteiger partial charge in [-0.1, -0.05) is 14.9 Å². The minimum absolute atomic E-state index is 0. The molecular weight excluding hydrogens is 680 g/mol. The molecule has 4 aliphatic heterocycles. The lowest BCUT2D eigenvalue weighted by atomic mass is 10.1. The fraction of sp³-hybridized carbons (Fsp3) is 0.706. The number of aliphatic hydroxyl groups excluding tert-OH is 2. The molecule has 0 unspecified atom stereocenters. The van der Waals surface area contributed by atoms with E-state index in [1.165, 1.54) is 14.1 Å². The molecule has 0 saturated carbocycles. The van der Waals surface area contributed by atoms with Gasteiger partial charge in [0.15, 0.2) is 0 Å². The van der Waals surface area contributed by atoms with E-state index in [4.69, 9.17) is 19.1 Å². The average molecular weight is 737 g/mol. The zero-order chi connectivity index (χ0) is 36.7. The van der Waals surface area contributed by atoms with Crippen molar-refractivity contribution in [3.8, 4) is 0 Å². The Morgan fingerprint density at radius 3 is 1.37 bits per heavy atom. The molecule has 2 atom stereocenters. The summed E-state index contributed by atoms with van der Waals surface area (Å²) in [7, 11) is 3.02. The van der Waals surface area contributed by atoms with Crippen molar-refractivity contribution in [2.75, 3.05) is 40.4 Å². The number of ether oxygens (including phenoxy) is 2. The molecule has 6 heterocycles. The number of aliphatic hydroxyl groups is 2. The number of rotatable bonds is 2. The normalized spacial score (nSPS) is 20.0. The minimum atomic E-state index is -0.578. The van der Waals surface area contributed by atoms with E-state index in [1.807, 2.05) is 41.5 Å². The van der Waals surface area contributed by atoms with Gasteiger partial charge in [-0.05, 0) is 41.5 Å². The summed E-state index contributed by atoms with van der Waals surface area (Å²) in [5.41, 5.74) is 2.69. The van der Waals surface area contributed by atoms with E-state index in [9.17, 15) is 29.4 Å². The number of nitrogens with zero attached hydrogens (tertiary/aromatic N) is 8. The molecule has 4 aliphatic rings. The van der Waals surface area contributed by atoms with Crippen LogP contribution in [0, 0.1) is 0 Å². The SMILES string of the molecule is C.C.CN1O[C@@H](CO)Cn2nc3c(c2C1=O)CN(C(=O)OC(C)(C)C)CC3.CN1O[C@H](CO)Cn2nc3c(c2C1=O)CN(C(=O)OC(C)(C)C)CC3. The van der Waals surface area contributed by atoms with Crippen LogP contribution in [-0.2, 0) is 58.2 Å². The van der Waals surface area contributed by atoms with Gasteiger partial charge in [0.1, 0.15) is 34.8 Å². The lowest BCUT2D eigenvalue weighted by Gasteiger charge is -2.30. The van der Waals surface area contributed by atoms with Crippen LogP contribution < -0.4 is 0 Å². The first-order valence-corrected chi connectivity index (χ1v) is 16.6. The Hall–Kier alpha value is -4.26. The largest absolute Gasteiger partial charge is 0.444 e. The maximum absolute atomic E-state index is 12.7. The number of amides is 4. The average Bonchev–Trinajstić information content (AvgIpc) is 3.50. The number of hydroxylamine groups is 4. The third kappa shape index (κ3) is 9.20. The van der Waals surface area contributed by atoms with Gasteiger partial charge in [0.05, 0.1) is 50.8 Å². The highest BCUT2D eigenvalue weighted by Crippen LogP contribution is 2.28. The molecule has 0 radical (unpaired) electrons. The van der Waals surface area contributed by atoms with Crippen LogP contribution in [0.4, 0.5) is 9.59 Å². The van der Waals surface area contributed by atoms with E-state index < -0.39 is 35.6 Å². The highest BCUT2D eigenvalue weighted by molar-refractivity contribution is 5.94. The first-order chi connectivity index (χ1) is 23.4. The Morgan fingerprint density at radius 2 is 1.06 bits per heavy atom. The summed E-state index contributed by atoms with van der Waals surface area (Å²) in [4.78, 5) is 64.0. The summed E-state index contributed by atoms with van der Waals surface area (Å²) < 4.78 is 14.0. The van der Waals surface area contributed by atoms with Crippen molar-refractivity contribution in [1.82, 2.24) is 39.5 Å². The van der Waals surface area contributed by atoms with E-state index in [1.54, 1.807) is 19.2 Å². The molecule has 6 rings (SSSR count). The van der Waals surface area contributed by atoms with Crippen LogP contribution in [0.3, 0.4) is 0 Å². The van der Waals surface area contributed by atoms with Gasteiger partial charge in [0.25, 0.3) is 11.8 Å². The Kier molecular flexibility index (Phi) is 13.1. The van der Waals surface area contributed by atoms with Crippen molar-refractivity contribution in [3.05, 3.63) is 33.9 Å². The molecular formula is C34H56N8O10. The molecule has 0 aromatic carbocycles. The highest BCUT2D eigenvalue weighted by Gasteiger charge is 2.38. The zero-order valence-electron chi connectivity index (χ0n) is 30.0. The van der Waals surface area contributed by atoms with Crippen molar-refractivity contribution in [2.24, 2.45) is 0 Å². The third-order valence-electron chi connectivity index (χ3n) is 8.26. The number of aromatic nitrogens is 4. The van der Waals surface area contributed by atoms with E-state index >= 15 is 0 Å². The van der Waals surface area contributed by atoms with Gasteiger partial charge in [-0.2, -0.15) is 10.2 Å². The molecule has 292 valence electrons. The summed E-state index contributed by atoms with van der Waals surface area (Å²) in [6.07, 6.45) is -0.794. The molecule has 0 bridgehead atoms. The van der Waals surface area contributed by atoms with Crippen LogP contribution in [-0.4, -0.2) is 138 Å². The van der Waals surface area contributed by atoms with Crippen LogP contribution in [0.15, 0.2) is 0 Å². The van der Waals surface area contributed by atoms with Crippen molar-refractivity contribution >= 4 is 24.0 Å². The fourth-order valence-electron chi connectivity index (χ4n) is 6.04. The predicted molar refractivity (Wildman–Crippen MR) is 187 cm³/mol. The van der Waals surface area contributed by atoms with Crippen LogP contribution in [0.2, 0.25) is 0 Å². The van der Waals surface area contributed by atoms with Gasteiger partial charge in [-0.3, -0.25) is 28.6 Å². The van der Waals surface area contributed by atoms with E-state index in [0.717, 1.165) is 32.6 Å². The molecule has 18 heteroatoms. The highest BCUT2D eigenvalue weighted by atomic mass is 16.7. The second kappa shape index (κ2) is 16.2. The van der Waals surface area contributed by atoms with Crippen molar-refractivity contribution in [1.29, 1.82) is 0 Å². The summed E-state index contributed by atoms with van der Waals surface area (Å²) in [5, 5.41) is 30.0. The lowest BCUT2D eigenvalue weighted by molar-refractivity contribution is -0.159. The van der Waals surface area contributed by atoms with Crippen molar-refractivity contribution < 1.29 is 48.5 Å². The topological polar surface area (TPSA) is 194 Å². The lowest BCUT2D eigenvalue weighted by Crippen LogP contribution is -2.40. The van der Waals surface area contributed by atoms with E-state index in [-0.39, 0.29) is 66.1 Å². The van der Waals surface area contributed by atoms with Gasteiger partial charge in [-0.25, -0.2) is 19.7 Å². The molecule has 52 heavy (non-hydrogen) atoms. The number of carbonyl (C=O) groups is 4. The number of fused-ring (bicyclic) bond motifs is 6. The summed E-state index contributed by atoms with van der Waals surface area (Å²) in [6.45, 7) is 12.5. The molecule has 18 nitrogen and oxygen atoms in total. The number of hydrogen-bond donors (Lipinski definition) is 2. The van der Waals surface area contributed by atoms with Gasteiger partial charge in [0, 0.05) is 51.2 Å². The van der Waals surface area contributed by atoms with Crippen molar-refractivity contribution in [2.45, 2.75) is 119 Å². The molecule has 2 N–H and O–H groups in total. The molecule has 2 aromatic rings. The van der Waals surface area contributed by atoms with Crippen LogP contribution in [0.5, 0.6) is 0 Å². The van der Waals surface area contributed by atoms with Gasteiger partial charge in [-0.15, -0.1) is 0 Å². The number of hydrogen-bond acceptors (Lipinski definition) is 12. The van der Waals surface area contributed by atoms with Crippen LogP contribution in [0.25, 0.3) is 0 Å². The van der Waals surface area contributed by atoms with Crippen LogP contribution in [0.1, 0.15) is 99.9 Å². The first kappa shape index (κ1) is 42.2. The van der Waals surface area contributed by atoms with Gasteiger partial charge < -0.3 is 29.5 Å². The standard InChI is InChI=1S/2C16H24N4O5.2CH4/c2*1-16(2,3)24-15(23)19-6-5-12-11(8-19)13-14(22)18(4)25-10(9-21)7-20(13)17-12;;/h2*10,21H,5-9H2,1-4H3;2*1H4/t2*10-;;/m10../s1. The van der Waals surface area contributed by atoms with Gasteiger partial charge in [0.2, 0.25) is 0 Å². The van der Waals surface area contributed by atoms with E-state index in [2.05, 4.69) is 10.2 Å². The Bertz CT molecular complexity index is 1510. The van der Waals surface area contributed by atoms with Crippen LogP contribution >= 0.6 is 0 Å². The zero-order valence-corrected chi connectivity index (χ0v) is 30.0. The van der Waals surface area contributed by atoms with Crippen molar-refractivity contribution in [3.63, 3.8) is 0 Å². The smallest absolute Gasteiger partial charge is 0.410 e. The first-order valence-electron chi connectivity index (χ1n) is 16.6. The molecule has 0 spiro atoms. The second-order valence-electron chi connectivity index (χ2n) is 14.6. The minimum Gasteiger partial charge on any atom is -0.444 e. The second-order valence-corrected chi connectivity index (χ2v) is 14.6. The van der Waals surface area contributed by atoms with Gasteiger partial charge >= 0.3 is 12.2 Å². The maximum Gasteiger partial charge on any atom is 0.410 e. The maximum atomic E-state index is 12.7. The molecule has 4 amide bonds. The Balaban J connectivity index is 0.000000270. The molecule has 0 saturated heterocycles. The number of carbonyl (C=O) groups excluding carboxylic acids is 4. The summed E-state index contributed by atoms with van der Waals surface area (Å²) in [5.74, 6) is -0.675. The molecule has 0 aliphatic carbocycles. The third-order valence-corrected chi connectivity index (χ3v) is 8.26. The summed E-state index contributed by atoms with van der Waals surface area (Å²) >= 11 is 0. The summed E-state index contributed by atoms with van der Waals surface area (Å²) in [6, 6.07) is 0. The fourth-order valence-corrected chi connectivity index (χ4v) is 6.04. The quantitative estimate of drug-likeness (QED) is 0.458. The predicted octanol–water partition coefficient (Wildman–Crippen LogP) is 2.38. The monoisotopic (exact) mass is 736 g/mol. The Morgan fingerprint density at radius 1 is 0.712 bits per heavy atom.